The smallest absolute Gasteiger partial charge is 0.238 e. The predicted octanol–water partition coefficient (Wildman–Crippen LogP) is 2.75. The van der Waals surface area contributed by atoms with E-state index in [2.05, 4.69) is 17.1 Å². The minimum Gasteiger partial charge on any atom is -0.325 e. The molecule has 3 heteroatoms. The number of carbonyl (C=O) groups excluding carboxylic acids is 1. The van der Waals surface area contributed by atoms with Gasteiger partial charge in [-0.15, -0.1) is 0 Å². The number of nitrogens with zero attached hydrogens (tertiary/aromatic N) is 1. The predicted molar refractivity (Wildman–Crippen MR) is 72.1 cm³/mol. The lowest BCUT2D eigenvalue weighted by atomic mass is 10.2. The number of anilines is 1. The fourth-order valence-corrected chi connectivity index (χ4v) is 1.68. The normalized spacial score (nSPS) is 10.5. The molecular weight excluding hydrogens is 212 g/mol. The number of hydrogen-bond donors (Lipinski definition) is 1. The molecule has 0 unspecified atom stereocenters. The van der Waals surface area contributed by atoms with Gasteiger partial charge in [0.2, 0.25) is 5.91 Å². The largest absolute Gasteiger partial charge is 0.325 e. The van der Waals surface area contributed by atoms with Gasteiger partial charge in [0, 0.05) is 5.69 Å². The Hall–Kier alpha value is -1.35. The quantitative estimate of drug-likeness (QED) is 0.736. The van der Waals surface area contributed by atoms with Crippen LogP contribution >= 0.6 is 0 Å². The molecule has 1 aromatic rings. The lowest BCUT2D eigenvalue weighted by Crippen LogP contribution is -2.30. The van der Waals surface area contributed by atoms with Crippen LogP contribution in [0.4, 0.5) is 5.69 Å². The summed E-state index contributed by atoms with van der Waals surface area (Å²) >= 11 is 0. The van der Waals surface area contributed by atoms with E-state index in [1.165, 1.54) is 12.8 Å². The molecule has 17 heavy (non-hydrogen) atoms. The van der Waals surface area contributed by atoms with Crippen molar-refractivity contribution in [2.75, 3.05) is 25.5 Å². The third-order valence-electron chi connectivity index (χ3n) is 2.61. The zero-order valence-corrected chi connectivity index (χ0v) is 10.8. The van der Waals surface area contributed by atoms with E-state index in [0.29, 0.717) is 6.54 Å². The third kappa shape index (κ3) is 6.07. The number of likely N-dealkylation sites (N-methyl/N-ethyl adjacent to an activating group) is 1. The Balaban J connectivity index is 2.25. The summed E-state index contributed by atoms with van der Waals surface area (Å²) < 4.78 is 0. The van der Waals surface area contributed by atoms with Gasteiger partial charge in [0.05, 0.1) is 6.54 Å². The van der Waals surface area contributed by atoms with Gasteiger partial charge in [-0.3, -0.25) is 9.69 Å². The first-order valence-electron chi connectivity index (χ1n) is 6.26. The van der Waals surface area contributed by atoms with E-state index in [4.69, 9.17) is 0 Å². The van der Waals surface area contributed by atoms with Crippen molar-refractivity contribution in [1.29, 1.82) is 0 Å². The van der Waals surface area contributed by atoms with Gasteiger partial charge in [0.15, 0.2) is 0 Å². The summed E-state index contributed by atoms with van der Waals surface area (Å²) in [5.41, 5.74) is 0.861. The van der Waals surface area contributed by atoms with Crippen LogP contribution < -0.4 is 5.32 Å². The van der Waals surface area contributed by atoms with Crippen LogP contribution in [-0.4, -0.2) is 30.9 Å². The number of hydrogen-bond acceptors (Lipinski definition) is 2. The van der Waals surface area contributed by atoms with Crippen molar-refractivity contribution in [2.24, 2.45) is 0 Å². The summed E-state index contributed by atoms with van der Waals surface area (Å²) in [4.78, 5) is 13.8. The first-order valence-corrected chi connectivity index (χ1v) is 6.26. The molecule has 1 rings (SSSR count). The Morgan fingerprint density at radius 1 is 1.24 bits per heavy atom. The Bertz CT molecular complexity index is 324. The zero-order valence-electron chi connectivity index (χ0n) is 10.8. The van der Waals surface area contributed by atoms with E-state index in [1.807, 2.05) is 37.4 Å². The number of benzene rings is 1. The molecule has 0 bridgehead atoms. The van der Waals surface area contributed by atoms with Gasteiger partial charge in [-0.25, -0.2) is 0 Å². The number of nitrogens with one attached hydrogen (secondary N) is 1. The Morgan fingerprint density at radius 2 is 1.94 bits per heavy atom. The second kappa shape index (κ2) is 7.85. The molecule has 0 atom stereocenters. The van der Waals surface area contributed by atoms with Gasteiger partial charge >= 0.3 is 0 Å². The maximum absolute atomic E-state index is 11.7. The second-order valence-electron chi connectivity index (χ2n) is 4.36. The van der Waals surface area contributed by atoms with Crippen molar-refractivity contribution in [1.82, 2.24) is 4.90 Å². The molecule has 1 amide bonds. The Kier molecular flexibility index (Phi) is 6.33. The molecule has 0 fully saturated rings. The molecule has 0 aromatic heterocycles. The van der Waals surface area contributed by atoms with Crippen molar-refractivity contribution < 1.29 is 4.79 Å². The fraction of sp³-hybridized carbons (Fsp3) is 0.500. The van der Waals surface area contributed by atoms with Crippen molar-refractivity contribution in [2.45, 2.75) is 26.2 Å². The maximum atomic E-state index is 11.7. The van der Waals surface area contributed by atoms with Crippen LogP contribution in [0.3, 0.4) is 0 Å². The number of para-hydroxylation sites is 1. The molecular formula is C14H22N2O. The van der Waals surface area contributed by atoms with Crippen molar-refractivity contribution in [3.05, 3.63) is 30.3 Å². The van der Waals surface area contributed by atoms with Crippen LogP contribution in [0.15, 0.2) is 30.3 Å². The SMILES string of the molecule is CCCCCN(C)CC(=O)Nc1ccccc1. The molecule has 3 nitrogen and oxygen atoms in total. The summed E-state index contributed by atoms with van der Waals surface area (Å²) in [5, 5.41) is 2.88. The van der Waals surface area contributed by atoms with Crippen LogP contribution in [-0.2, 0) is 4.79 Å². The molecule has 0 spiro atoms. The topological polar surface area (TPSA) is 32.3 Å². The molecule has 0 aliphatic heterocycles. The number of unbranched alkanes of at least 4 members (excludes halogenated alkanes) is 2. The molecule has 0 aliphatic carbocycles. The summed E-state index contributed by atoms with van der Waals surface area (Å²) in [6.07, 6.45) is 3.60. The highest BCUT2D eigenvalue weighted by Crippen LogP contribution is 2.04. The Morgan fingerprint density at radius 3 is 2.59 bits per heavy atom. The standard InChI is InChI=1S/C14H22N2O/c1-3-4-8-11-16(2)12-14(17)15-13-9-6-5-7-10-13/h5-7,9-10H,3-4,8,11-12H2,1-2H3,(H,15,17). The summed E-state index contributed by atoms with van der Waals surface area (Å²) in [7, 11) is 1.99. The van der Waals surface area contributed by atoms with Crippen LogP contribution in [0.2, 0.25) is 0 Å². The van der Waals surface area contributed by atoms with E-state index in [-0.39, 0.29) is 5.91 Å². The van der Waals surface area contributed by atoms with Crippen LogP contribution in [0.1, 0.15) is 26.2 Å². The zero-order chi connectivity index (χ0) is 12.5. The van der Waals surface area contributed by atoms with E-state index < -0.39 is 0 Å². The molecule has 94 valence electrons. The molecule has 0 heterocycles. The lowest BCUT2D eigenvalue weighted by molar-refractivity contribution is -0.117. The third-order valence-corrected chi connectivity index (χ3v) is 2.61. The fourth-order valence-electron chi connectivity index (χ4n) is 1.68. The van der Waals surface area contributed by atoms with E-state index in [1.54, 1.807) is 0 Å². The Labute approximate surface area is 104 Å². The molecule has 0 radical (unpaired) electrons. The van der Waals surface area contributed by atoms with E-state index >= 15 is 0 Å². The van der Waals surface area contributed by atoms with Crippen molar-refractivity contribution >= 4 is 11.6 Å². The van der Waals surface area contributed by atoms with Crippen LogP contribution in [0.25, 0.3) is 0 Å². The van der Waals surface area contributed by atoms with Gasteiger partial charge in [0.1, 0.15) is 0 Å². The molecule has 1 aromatic carbocycles. The average molecular weight is 234 g/mol. The van der Waals surface area contributed by atoms with Crippen LogP contribution in [0.5, 0.6) is 0 Å². The van der Waals surface area contributed by atoms with Crippen LogP contribution in [0, 0.1) is 0 Å². The highest BCUT2D eigenvalue weighted by molar-refractivity contribution is 5.92. The minimum absolute atomic E-state index is 0.0511. The lowest BCUT2D eigenvalue weighted by Gasteiger charge is -2.15. The molecule has 0 saturated carbocycles. The second-order valence-corrected chi connectivity index (χ2v) is 4.36. The molecule has 0 aliphatic rings. The van der Waals surface area contributed by atoms with Gasteiger partial charge < -0.3 is 5.32 Å². The molecule has 1 N–H and O–H groups in total. The molecule has 0 saturated heterocycles. The van der Waals surface area contributed by atoms with Gasteiger partial charge in [-0.2, -0.15) is 0 Å². The van der Waals surface area contributed by atoms with Gasteiger partial charge in [0.25, 0.3) is 0 Å². The first-order chi connectivity index (χ1) is 8.22. The average Bonchev–Trinajstić information content (AvgIpc) is 2.30. The minimum atomic E-state index is 0.0511. The van der Waals surface area contributed by atoms with Crippen molar-refractivity contribution in [3.63, 3.8) is 0 Å². The number of amides is 1. The van der Waals surface area contributed by atoms with Gasteiger partial charge in [-0.1, -0.05) is 38.0 Å². The number of carbonyl (C=O) groups is 1. The highest BCUT2D eigenvalue weighted by atomic mass is 16.2. The first kappa shape index (κ1) is 13.7. The number of rotatable bonds is 7. The monoisotopic (exact) mass is 234 g/mol. The van der Waals surface area contributed by atoms with Crippen molar-refractivity contribution in [3.8, 4) is 0 Å². The maximum Gasteiger partial charge on any atom is 0.238 e. The summed E-state index contributed by atoms with van der Waals surface area (Å²) in [5.74, 6) is 0.0511. The van der Waals surface area contributed by atoms with E-state index in [0.717, 1.165) is 18.7 Å². The van der Waals surface area contributed by atoms with E-state index in [9.17, 15) is 4.79 Å². The summed E-state index contributed by atoms with van der Waals surface area (Å²) in [6.45, 7) is 3.62. The summed E-state index contributed by atoms with van der Waals surface area (Å²) in [6, 6.07) is 9.57. The van der Waals surface area contributed by atoms with Gasteiger partial charge in [-0.05, 0) is 32.1 Å². The highest BCUT2D eigenvalue weighted by Gasteiger charge is 2.05.